The van der Waals surface area contributed by atoms with Gasteiger partial charge < -0.3 is 56.8 Å². The molecule has 2 unspecified atom stereocenters. The Morgan fingerprint density at radius 3 is 1.33 bits per heavy atom. The summed E-state index contributed by atoms with van der Waals surface area (Å²) >= 11 is 0. The summed E-state index contributed by atoms with van der Waals surface area (Å²) in [5, 5.41) is 0. The maximum absolute atomic E-state index is 12.7. The molecule has 272 valence electrons. The Hall–Kier alpha value is -6.10. The van der Waals surface area contributed by atoms with E-state index in [0.717, 1.165) is 0 Å². The van der Waals surface area contributed by atoms with E-state index in [2.05, 4.69) is 19.9 Å². The summed E-state index contributed by atoms with van der Waals surface area (Å²) in [6.45, 7) is 3.68. The third-order valence-electron chi connectivity index (χ3n) is 8.15. The zero-order chi connectivity index (χ0) is 36.3. The van der Waals surface area contributed by atoms with Crippen molar-refractivity contribution < 1.29 is 43.5 Å². The number of fused-ring (bicyclic) bond motifs is 2. The van der Waals surface area contributed by atoms with Crippen molar-refractivity contribution in [3.63, 3.8) is 0 Å². The Kier molecular flexibility index (Phi) is 11.6. The molecule has 0 fully saturated rings. The Labute approximate surface area is 293 Å². The van der Waals surface area contributed by atoms with Crippen LogP contribution in [0.2, 0.25) is 0 Å². The SMILES string of the molecule is COc1cc(Cc2cnc(N)nc2N)c2c(c1OC)OC(C)CC2=O.COc1cc(Cc2cnc(N)nc2N)c2c(c1OC)OC(C)CC2=O.O. The fraction of sp³-hybridized carbons (Fsp3) is 0.353. The molecule has 17 heteroatoms. The average molecular weight is 707 g/mol. The predicted molar refractivity (Wildman–Crippen MR) is 188 cm³/mol. The lowest BCUT2D eigenvalue weighted by molar-refractivity contribution is 0.0852. The number of aromatic nitrogens is 4. The maximum atomic E-state index is 12.7. The fourth-order valence-corrected chi connectivity index (χ4v) is 5.90. The fourth-order valence-electron chi connectivity index (χ4n) is 5.90. The molecule has 6 rings (SSSR count). The molecule has 0 radical (unpaired) electrons. The zero-order valence-electron chi connectivity index (χ0n) is 29.2. The first-order valence-corrected chi connectivity index (χ1v) is 15.6. The molecular formula is C34H42N8O9. The number of anilines is 4. The third-order valence-corrected chi connectivity index (χ3v) is 8.15. The third kappa shape index (κ3) is 7.72. The summed E-state index contributed by atoms with van der Waals surface area (Å²) in [7, 11) is 6.08. The van der Waals surface area contributed by atoms with Crippen LogP contribution in [-0.2, 0) is 12.8 Å². The lowest BCUT2D eigenvalue weighted by atomic mass is 9.92. The number of ketones is 2. The van der Waals surface area contributed by atoms with Gasteiger partial charge in [0.05, 0.1) is 39.6 Å². The molecule has 2 aliphatic rings. The van der Waals surface area contributed by atoms with Crippen molar-refractivity contribution in [2.45, 2.75) is 51.7 Å². The van der Waals surface area contributed by atoms with Crippen molar-refractivity contribution in [1.29, 1.82) is 0 Å². The number of hydrogen-bond donors (Lipinski definition) is 4. The van der Waals surface area contributed by atoms with Gasteiger partial charge >= 0.3 is 0 Å². The minimum atomic E-state index is -0.237. The normalized spacial score (nSPS) is 15.8. The number of nitrogens with two attached hydrogens (primary N) is 4. The van der Waals surface area contributed by atoms with Crippen LogP contribution in [0.1, 0.15) is 69.7 Å². The van der Waals surface area contributed by atoms with E-state index < -0.39 is 0 Å². The van der Waals surface area contributed by atoms with Gasteiger partial charge in [-0.3, -0.25) is 9.59 Å². The zero-order valence-corrected chi connectivity index (χ0v) is 29.2. The first kappa shape index (κ1) is 37.7. The maximum Gasteiger partial charge on any atom is 0.221 e. The molecule has 2 aromatic carbocycles. The van der Waals surface area contributed by atoms with E-state index in [4.69, 9.17) is 51.4 Å². The van der Waals surface area contributed by atoms with Crippen LogP contribution in [0.3, 0.4) is 0 Å². The molecule has 2 aromatic heterocycles. The molecule has 0 aliphatic carbocycles. The molecule has 2 aliphatic heterocycles. The van der Waals surface area contributed by atoms with E-state index in [9.17, 15) is 9.59 Å². The Morgan fingerprint density at radius 2 is 1.02 bits per heavy atom. The van der Waals surface area contributed by atoms with Crippen LogP contribution in [0.5, 0.6) is 34.5 Å². The second-order valence-electron chi connectivity index (χ2n) is 11.7. The average Bonchev–Trinajstić information content (AvgIpc) is 3.06. The summed E-state index contributed by atoms with van der Waals surface area (Å²) in [5.41, 5.74) is 26.6. The topological polar surface area (TPSA) is 277 Å². The van der Waals surface area contributed by atoms with Gasteiger partial charge in [-0.25, -0.2) is 9.97 Å². The summed E-state index contributed by atoms with van der Waals surface area (Å²) < 4.78 is 33.4. The molecule has 0 saturated heterocycles. The van der Waals surface area contributed by atoms with Crippen LogP contribution in [0.25, 0.3) is 0 Å². The molecule has 0 saturated carbocycles. The number of methoxy groups -OCH3 is 4. The predicted octanol–water partition coefficient (Wildman–Crippen LogP) is 2.38. The standard InChI is InChI=1S/2C17H20N4O4.H2O/c2*1-8-4-11(22)13-9(5-10-7-20-17(19)21-16(10)18)6-12(23-2)14(24-3)15(13)25-8;/h2*6-8H,4-5H2,1-3H3,(H4,18,19,20,21);1H2. The first-order chi connectivity index (χ1) is 23.9. The molecule has 0 bridgehead atoms. The first-order valence-electron chi connectivity index (χ1n) is 15.6. The van der Waals surface area contributed by atoms with Gasteiger partial charge in [0, 0.05) is 49.2 Å². The largest absolute Gasteiger partial charge is 0.493 e. The number of nitrogen functional groups attached to an aromatic ring is 4. The molecule has 0 amide bonds. The van der Waals surface area contributed by atoms with Gasteiger partial charge in [0.15, 0.2) is 34.6 Å². The van der Waals surface area contributed by atoms with E-state index >= 15 is 0 Å². The van der Waals surface area contributed by atoms with E-state index in [0.29, 0.717) is 93.6 Å². The van der Waals surface area contributed by atoms with Crippen LogP contribution in [0.15, 0.2) is 24.5 Å². The Morgan fingerprint density at radius 1 is 0.647 bits per heavy atom. The van der Waals surface area contributed by atoms with Crippen molar-refractivity contribution in [3.05, 3.63) is 57.9 Å². The van der Waals surface area contributed by atoms with Gasteiger partial charge in [-0.1, -0.05) is 0 Å². The van der Waals surface area contributed by atoms with Gasteiger partial charge in [0.2, 0.25) is 23.4 Å². The van der Waals surface area contributed by atoms with Gasteiger partial charge in [0.1, 0.15) is 23.8 Å². The van der Waals surface area contributed by atoms with E-state index in [1.165, 1.54) is 28.4 Å². The van der Waals surface area contributed by atoms with Crippen molar-refractivity contribution in [2.75, 3.05) is 51.4 Å². The molecule has 51 heavy (non-hydrogen) atoms. The van der Waals surface area contributed by atoms with Crippen molar-refractivity contribution in [2.24, 2.45) is 0 Å². The molecule has 0 spiro atoms. The number of ether oxygens (including phenoxy) is 6. The summed E-state index contributed by atoms with van der Waals surface area (Å²) in [4.78, 5) is 41.2. The lowest BCUT2D eigenvalue weighted by Gasteiger charge is -2.27. The molecule has 4 aromatic rings. The summed E-state index contributed by atoms with van der Waals surface area (Å²) in [5.74, 6) is 3.28. The smallest absolute Gasteiger partial charge is 0.221 e. The van der Waals surface area contributed by atoms with Crippen LogP contribution in [-0.4, -0.2) is 77.6 Å². The van der Waals surface area contributed by atoms with Gasteiger partial charge in [-0.2, -0.15) is 9.97 Å². The highest BCUT2D eigenvalue weighted by atomic mass is 16.5. The van der Waals surface area contributed by atoms with Crippen LogP contribution >= 0.6 is 0 Å². The number of rotatable bonds is 8. The van der Waals surface area contributed by atoms with Crippen molar-refractivity contribution >= 4 is 35.1 Å². The highest BCUT2D eigenvalue weighted by Crippen LogP contribution is 2.47. The molecule has 10 N–H and O–H groups in total. The number of carbonyl (C=O) groups is 2. The highest BCUT2D eigenvalue weighted by Gasteiger charge is 2.33. The monoisotopic (exact) mass is 706 g/mol. The van der Waals surface area contributed by atoms with E-state index in [1.54, 1.807) is 24.5 Å². The van der Waals surface area contributed by atoms with E-state index in [-0.39, 0.29) is 52.8 Å². The molecule has 17 nitrogen and oxygen atoms in total. The Balaban J connectivity index is 0.000000224. The molecule has 4 heterocycles. The minimum Gasteiger partial charge on any atom is -0.493 e. The summed E-state index contributed by atoms with van der Waals surface area (Å²) in [6.07, 6.45) is 3.91. The second kappa shape index (κ2) is 15.6. The van der Waals surface area contributed by atoms with Crippen LogP contribution < -0.4 is 51.4 Å². The van der Waals surface area contributed by atoms with Crippen LogP contribution in [0, 0.1) is 0 Å². The minimum absolute atomic E-state index is 0. The van der Waals surface area contributed by atoms with Gasteiger partial charge in [-0.05, 0) is 37.1 Å². The summed E-state index contributed by atoms with van der Waals surface area (Å²) in [6, 6.07) is 3.51. The number of hydrogen-bond acceptors (Lipinski definition) is 16. The quantitative estimate of drug-likeness (QED) is 0.205. The number of carbonyl (C=O) groups excluding carboxylic acids is 2. The van der Waals surface area contributed by atoms with E-state index in [1.807, 2.05) is 13.8 Å². The highest BCUT2D eigenvalue weighted by molar-refractivity contribution is 6.03. The lowest BCUT2D eigenvalue weighted by Crippen LogP contribution is -2.26. The van der Waals surface area contributed by atoms with Crippen LogP contribution in [0.4, 0.5) is 23.5 Å². The van der Waals surface area contributed by atoms with Gasteiger partial charge in [-0.15, -0.1) is 0 Å². The molecular weight excluding hydrogens is 664 g/mol. The molecule has 2 atom stereocenters. The number of benzene rings is 2. The Bertz CT molecular complexity index is 1820. The number of Topliss-reactive ketones (excluding diaryl/α,β-unsaturated/α-hetero) is 2. The van der Waals surface area contributed by atoms with Crippen molar-refractivity contribution in [1.82, 2.24) is 19.9 Å². The second-order valence-corrected chi connectivity index (χ2v) is 11.7. The van der Waals surface area contributed by atoms with Gasteiger partial charge in [0.25, 0.3) is 0 Å². The number of nitrogens with zero attached hydrogens (tertiary/aromatic N) is 4. The van der Waals surface area contributed by atoms with Crippen molar-refractivity contribution in [3.8, 4) is 34.5 Å².